The summed E-state index contributed by atoms with van der Waals surface area (Å²) in [5.74, 6) is 0.492. The minimum Gasteiger partial charge on any atom is -0.341 e. The van der Waals surface area contributed by atoms with Gasteiger partial charge in [-0.15, -0.1) is 0 Å². The van der Waals surface area contributed by atoms with E-state index in [1.54, 1.807) is 12.1 Å². The number of alkyl halides is 3. The quantitative estimate of drug-likeness (QED) is 0.829. The lowest BCUT2D eigenvalue weighted by molar-refractivity contribution is -0.140. The van der Waals surface area contributed by atoms with Crippen molar-refractivity contribution < 1.29 is 13.2 Å². The van der Waals surface area contributed by atoms with E-state index in [1.165, 1.54) is 10.8 Å². The van der Waals surface area contributed by atoms with Gasteiger partial charge in [-0.2, -0.15) is 13.2 Å². The van der Waals surface area contributed by atoms with E-state index in [-0.39, 0.29) is 0 Å². The number of aromatic nitrogens is 1. The molecule has 0 spiro atoms. The third-order valence-corrected chi connectivity index (χ3v) is 2.13. The lowest BCUT2D eigenvalue weighted by atomic mass is 10.2. The highest BCUT2D eigenvalue weighted by Gasteiger charge is 2.28. The van der Waals surface area contributed by atoms with Crippen LogP contribution in [0.5, 0.6) is 0 Å². The van der Waals surface area contributed by atoms with E-state index < -0.39 is 12.7 Å². The molecule has 0 unspecified atom stereocenters. The Morgan fingerprint density at radius 3 is 2.62 bits per heavy atom. The van der Waals surface area contributed by atoms with E-state index in [4.69, 9.17) is 0 Å². The van der Waals surface area contributed by atoms with Crippen molar-refractivity contribution in [2.45, 2.75) is 33.1 Å². The second-order valence-electron chi connectivity index (χ2n) is 4.27. The van der Waals surface area contributed by atoms with Gasteiger partial charge in [-0.05, 0) is 24.6 Å². The molecule has 1 N–H and O–H groups in total. The fourth-order valence-electron chi connectivity index (χ4n) is 1.45. The van der Waals surface area contributed by atoms with Crippen LogP contribution >= 0.6 is 0 Å². The maximum Gasteiger partial charge on any atom is 0.406 e. The number of halogens is 3. The molecule has 1 aromatic heterocycles. The van der Waals surface area contributed by atoms with Crippen LogP contribution in [0.1, 0.15) is 19.5 Å². The van der Waals surface area contributed by atoms with E-state index >= 15 is 0 Å². The summed E-state index contributed by atoms with van der Waals surface area (Å²) in [6.45, 7) is 4.47. The first-order valence-electron chi connectivity index (χ1n) is 5.30. The summed E-state index contributed by atoms with van der Waals surface area (Å²) >= 11 is 0. The number of nitrogens with zero attached hydrogens (tertiary/aromatic N) is 1. The first-order chi connectivity index (χ1) is 7.38. The summed E-state index contributed by atoms with van der Waals surface area (Å²) in [6.07, 6.45) is -2.70. The van der Waals surface area contributed by atoms with Crippen molar-refractivity contribution in [3.63, 3.8) is 0 Å². The van der Waals surface area contributed by atoms with Crippen LogP contribution in [0.4, 0.5) is 13.2 Å². The molecule has 0 aliphatic carbocycles. The second kappa shape index (κ2) is 5.39. The van der Waals surface area contributed by atoms with Gasteiger partial charge in [0.2, 0.25) is 0 Å². The van der Waals surface area contributed by atoms with Crippen LogP contribution in [0.3, 0.4) is 0 Å². The van der Waals surface area contributed by atoms with Gasteiger partial charge >= 0.3 is 6.18 Å². The maximum absolute atomic E-state index is 12.2. The molecule has 0 amide bonds. The summed E-state index contributed by atoms with van der Waals surface area (Å²) < 4.78 is 37.9. The van der Waals surface area contributed by atoms with Gasteiger partial charge in [0, 0.05) is 18.4 Å². The molecule has 0 atom stereocenters. The van der Waals surface area contributed by atoms with E-state index in [0.29, 0.717) is 18.2 Å². The average molecular weight is 234 g/mol. The molecule has 1 aromatic rings. The first-order valence-corrected chi connectivity index (χ1v) is 5.30. The molecule has 1 rings (SSSR count). The molecule has 92 valence electrons. The Labute approximate surface area is 93.5 Å². The van der Waals surface area contributed by atoms with E-state index in [9.17, 15) is 13.2 Å². The van der Waals surface area contributed by atoms with Crippen molar-refractivity contribution in [1.82, 2.24) is 9.88 Å². The van der Waals surface area contributed by atoms with Crippen molar-refractivity contribution in [3.8, 4) is 0 Å². The maximum atomic E-state index is 12.2. The van der Waals surface area contributed by atoms with E-state index in [0.717, 1.165) is 6.54 Å². The monoisotopic (exact) mass is 234 g/mol. The topological polar surface area (TPSA) is 17.0 Å². The number of rotatable bonds is 5. The second-order valence-corrected chi connectivity index (χ2v) is 4.27. The van der Waals surface area contributed by atoms with Gasteiger partial charge in [0.1, 0.15) is 6.54 Å². The van der Waals surface area contributed by atoms with Crippen LogP contribution in [0.15, 0.2) is 18.3 Å². The molecule has 5 heteroatoms. The summed E-state index contributed by atoms with van der Waals surface area (Å²) in [6, 6.07) is 3.34. The molecule has 0 bridgehead atoms. The molecule has 16 heavy (non-hydrogen) atoms. The average Bonchev–Trinajstić information content (AvgIpc) is 2.49. The fourth-order valence-corrected chi connectivity index (χ4v) is 1.45. The zero-order valence-corrected chi connectivity index (χ0v) is 9.51. The van der Waals surface area contributed by atoms with E-state index in [2.05, 4.69) is 19.2 Å². The minimum absolute atomic E-state index is 0.473. The van der Waals surface area contributed by atoms with Crippen molar-refractivity contribution >= 4 is 0 Å². The van der Waals surface area contributed by atoms with Gasteiger partial charge in [0.25, 0.3) is 0 Å². The van der Waals surface area contributed by atoms with Crippen LogP contribution in [0.25, 0.3) is 0 Å². The summed E-state index contributed by atoms with van der Waals surface area (Å²) in [4.78, 5) is 0. The Kier molecular flexibility index (Phi) is 4.41. The van der Waals surface area contributed by atoms with Gasteiger partial charge in [-0.25, -0.2) is 0 Å². The molecular weight excluding hydrogens is 217 g/mol. The molecule has 0 saturated heterocycles. The minimum atomic E-state index is -4.16. The van der Waals surface area contributed by atoms with Gasteiger partial charge in [0.05, 0.1) is 0 Å². The van der Waals surface area contributed by atoms with Gasteiger partial charge < -0.3 is 9.88 Å². The lowest BCUT2D eigenvalue weighted by Gasteiger charge is -2.13. The molecular formula is C11H17F3N2. The number of nitrogens with one attached hydrogen (secondary N) is 1. The van der Waals surface area contributed by atoms with Crippen LogP contribution in [0.2, 0.25) is 0 Å². The molecule has 0 radical (unpaired) electrons. The lowest BCUT2D eigenvalue weighted by Crippen LogP contribution is -2.23. The van der Waals surface area contributed by atoms with Crippen LogP contribution in [-0.4, -0.2) is 17.3 Å². The van der Waals surface area contributed by atoms with Gasteiger partial charge in [-0.3, -0.25) is 0 Å². The molecule has 0 aliphatic heterocycles. The Bertz CT molecular complexity index is 315. The van der Waals surface area contributed by atoms with Crippen molar-refractivity contribution in [2.75, 3.05) is 6.54 Å². The SMILES string of the molecule is CC(C)CNCc1cccn1CC(F)(F)F. The molecule has 0 aromatic carbocycles. The molecule has 0 fully saturated rings. The Hall–Kier alpha value is -0.970. The van der Waals surface area contributed by atoms with Crippen molar-refractivity contribution in [3.05, 3.63) is 24.0 Å². The van der Waals surface area contributed by atoms with Crippen molar-refractivity contribution in [2.24, 2.45) is 5.92 Å². The van der Waals surface area contributed by atoms with Gasteiger partial charge in [0.15, 0.2) is 0 Å². The number of hydrogen-bond donors (Lipinski definition) is 1. The first kappa shape index (κ1) is 13.1. The van der Waals surface area contributed by atoms with Crippen LogP contribution in [-0.2, 0) is 13.1 Å². The molecule has 1 heterocycles. The van der Waals surface area contributed by atoms with Gasteiger partial charge in [-0.1, -0.05) is 13.8 Å². The number of hydrogen-bond acceptors (Lipinski definition) is 1. The third kappa shape index (κ3) is 4.70. The zero-order chi connectivity index (χ0) is 12.2. The largest absolute Gasteiger partial charge is 0.406 e. The molecule has 0 saturated carbocycles. The third-order valence-electron chi connectivity index (χ3n) is 2.13. The molecule has 0 aliphatic rings. The highest BCUT2D eigenvalue weighted by Crippen LogP contribution is 2.18. The molecule has 2 nitrogen and oxygen atoms in total. The van der Waals surface area contributed by atoms with Crippen molar-refractivity contribution in [1.29, 1.82) is 0 Å². The highest BCUT2D eigenvalue weighted by atomic mass is 19.4. The standard InChI is InChI=1S/C11H17F3N2/c1-9(2)6-15-7-10-4-3-5-16(10)8-11(12,13)14/h3-5,9,15H,6-8H2,1-2H3. The summed E-state index contributed by atoms with van der Waals surface area (Å²) in [7, 11) is 0. The zero-order valence-electron chi connectivity index (χ0n) is 9.51. The predicted octanol–water partition coefficient (Wildman–Crippen LogP) is 2.80. The fraction of sp³-hybridized carbons (Fsp3) is 0.636. The van der Waals surface area contributed by atoms with Crippen LogP contribution < -0.4 is 5.32 Å². The summed E-state index contributed by atoms with van der Waals surface area (Å²) in [5.41, 5.74) is 0.665. The Morgan fingerprint density at radius 1 is 1.38 bits per heavy atom. The summed E-state index contributed by atoms with van der Waals surface area (Å²) in [5, 5.41) is 3.13. The predicted molar refractivity (Wildman–Crippen MR) is 57.0 cm³/mol. The van der Waals surface area contributed by atoms with E-state index in [1.807, 2.05) is 0 Å². The smallest absolute Gasteiger partial charge is 0.341 e. The Balaban J connectivity index is 2.51. The van der Waals surface area contributed by atoms with Crippen LogP contribution in [0, 0.1) is 5.92 Å². The highest BCUT2D eigenvalue weighted by molar-refractivity contribution is 5.07. The Morgan fingerprint density at radius 2 is 2.06 bits per heavy atom. The normalized spacial score (nSPS) is 12.4.